The van der Waals surface area contributed by atoms with Gasteiger partial charge in [-0.3, -0.25) is 0 Å². The van der Waals surface area contributed by atoms with Gasteiger partial charge in [0.2, 0.25) is 0 Å². The first-order valence-electron chi connectivity index (χ1n) is 7.06. The molecule has 1 atom stereocenters. The summed E-state index contributed by atoms with van der Waals surface area (Å²) in [6, 6.07) is 13.0. The van der Waals surface area contributed by atoms with E-state index in [0.717, 1.165) is 13.0 Å². The number of rotatable bonds is 6. The van der Waals surface area contributed by atoms with Gasteiger partial charge in [-0.25, -0.2) is 0 Å². The molecule has 3 heteroatoms. The molecule has 2 rings (SSSR count). The van der Waals surface area contributed by atoms with Crippen LogP contribution in [0.4, 0.5) is 0 Å². The minimum atomic E-state index is 0.125. The highest BCUT2D eigenvalue weighted by atomic mass is 32.1. The van der Waals surface area contributed by atoms with Gasteiger partial charge in [0, 0.05) is 22.9 Å². The van der Waals surface area contributed by atoms with Gasteiger partial charge < -0.3 is 10.5 Å². The smallest absolute Gasteiger partial charge is 0.0502 e. The van der Waals surface area contributed by atoms with Crippen LogP contribution >= 0.6 is 11.3 Å². The molecule has 1 heterocycles. The van der Waals surface area contributed by atoms with Crippen LogP contribution in [0, 0.1) is 5.92 Å². The van der Waals surface area contributed by atoms with Crippen molar-refractivity contribution in [2.75, 3.05) is 13.7 Å². The number of ether oxygens (including phenoxy) is 1. The third-order valence-corrected chi connectivity index (χ3v) is 4.75. The van der Waals surface area contributed by atoms with Crippen molar-refractivity contribution in [2.24, 2.45) is 11.7 Å². The van der Waals surface area contributed by atoms with Crippen molar-refractivity contribution in [3.8, 4) is 10.4 Å². The van der Waals surface area contributed by atoms with Gasteiger partial charge in [0.1, 0.15) is 0 Å². The first-order chi connectivity index (χ1) is 9.63. The average Bonchev–Trinajstić information content (AvgIpc) is 2.94. The fourth-order valence-corrected chi connectivity index (χ4v) is 3.44. The van der Waals surface area contributed by atoms with E-state index in [1.54, 1.807) is 18.4 Å². The summed E-state index contributed by atoms with van der Waals surface area (Å²) in [7, 11) is 1.74. The molecule has 2 nitrogen and oxygen atoms in total. The second-order valence-electron chi connectivity index (χ2n) is 5.37. The summed E-state index contributed by atoms with van der Waals surface area (Å²) in [5.74, 6) is 0.463. The Labute approximate surface area is 125 Å². The second-order valence-corrected chi connectivity index (χ2v) is 6.49. The maximum absolute atomic E-state index is 6.24. The maximum atomic E-state index is 6.24. The van der Waals surface area contributed by atoms with Crippen LogP contribution in [-0.4, -0.2) is 13.7 Å². The van der Waals surface area contributed by atoms with Crippen molar-refractivity contribution in [1.82, 2.24) is 0 Å². The monoisotopic (exact) mass is 289 g/mol. The van der Waals surface area contributed by atoms with Gasteiger partial charge in [-0.1, -0.05) is 38.1 Å². The highest BCUT2D eigenvalue weighted by molar-refractivity contribution is 7.15. The molecule has 0 amide bonds. The summed E-state index contributed by atoms with van der Waals surface area (Å²) in [5.41, 5.74) is 8.87. The highest BCUT2D eigenvalue weighted by Gasteiger charge is 2.14. The van der Waals surface area contributed by atoms with E-state index in [4.69, 9.17) is 10.5 Å². The Hall–Kier alpha value is -1.16. The van der Waals surface area contributed by atoms with E-state index in [1.807, 2.05) is 0 Å². The van der Waals surface area contributed by atoms with E-state index in [9.17, 15) is 0 Å². The standard InChI is InChI=1S/C17H23NOS/c1-12(2)17(18)16-9-8-15(20-16)14-7-5-4-6-13(14)10-11-19-3/h4-9,12,17H,10-11,18H2,1-3H3. The van der Waals surface area contributed by atoms with Crippen molar-refractivity contribution >= 4 is 11.3 Å². The van der Waals surface area contributed by atoms with Gasteiger partial charge >= 0.3 is 0 Å². The van der Waals surface area contributed by atoms with E-state index in [-0.39, 0.29) is 6.04 Å². The first kappa shape index (κ1) is 15.2. The van der Waals surface area contributed by atoms with Crippen LogP contribution in [-0.2, 0) is 11.2 Å². The van der Waals surface area contributed by atoms with E-state index in [2.05, 4.69) is 50.2 Å². The Balaban J connectivity index is 2.28. The number of hydrogen-bond donors (Lipinski definition) is 1. The Morgan fingerprint density at radius 2 is 1.90 bits per heavy atom. The topological polar surface area (TPSA) is 35.2 Å². The van der Waals surface area contributed by atoms with Crippen LogP contribution in [0.2, 0.25) is 0 Å². The number of nitrogens with two attached hydrogens (primary N) is 1. The summed E-state index contributed by atoms with van der Waals surface area (Å²) in [4.78, 5) is 2.55. The molecule has 108 valence electrons. The summed E-state index contributed by atoms with van der Waals surface area (Å²) in [6.45, 7) is 5.08. The number of hydrogen-bond acceptors (Lipinski definition) is 3. The van der Waals surface area contributed by atoms with Crippen LogP contribution in [0.15, 0.2) is 36.4 Å². The van der Waals surface area contributed by atoms with Crippen molar-refractivity contribution < 1.29 is 4.74 Å². The molecule has 0 aliphatic heterocycles. The molecule has 1 aromatic carbocycles. The number of thiophene rings is 1. The number of benzene rings is 1. The molecule has 0 saturated carbocycles. The number of methoxy groups -OCH3 is 1. The summed E-state index contributed by atoms with van der Waals surface area (Å²) >= 11 is 1.80. The predicted molar refractivity (Wildman–Crippen MR) is 87.1 cm³/mol. The molecule has 2 N–H and O–H groups in total. The predicted octanol–water partition coefficient (Wildman–Crippen LogP) is 4.26. The van der Waals surface area contributed by atoms with Crippen LogP contribution in [0.25, 0.3) is 10.4 Å². The van der Waals surface area contributed by atoms with Gasteiger partial charge in [0.15, 0.2) is 0 Å². The van der Waals surface area contributed by atoms with Crippen molar-refractivity contribution in [2.45, 2.75) is 26.3 Å². The molecular weight excluding hydrogens is 266 g/mol. The minimum Gasteiger partial charge on any atom is -0.384 e. The zero-order valence-corrected chi connectivity index (χ0v) is 13.2. The van der Waals surface area contributed by atoms with Gasteiger partial charge in [-0.05, 0) is 35.6 Å². The van der Waals surface area contributed by atoms with Gasteiger partial charge in [-0.2, -0.15) is 0 Å². The Morgan fingerprint density at radius 1 is 1.15 bits per heavy atom. The summed E-state index contributed by atoms with van der Waals surface area (Å²) in [6.07, 6.45) is 0.941. The van der Waals surface area contributed by atoms with Crippen molar-refractivity contribution in [3.63, 3.8) is 0 Å². The lowest BCUT2D eigenvalue weighted by Gasteiger charge is -2.13. The molecule has 20 heavy (non-hydrogen) atoms. The van der Waals surface area contributed by atoms with Gasteiger partial charge in [0.05, 0.1) is 6.61 Å². The third-order valence-electron chi connectivity index (χ3n) is 3.53. The Morgan fingerprint density at radius 3 is 2.60 bits per heavy atom. The molecule has 0 fully saturated rings. The lowest BCUT2D eigenvalue weighted by molar-refractivity contribution is 0.202. The lowest BCUT2D eigenvalue weighted by Crippen LogP contribution is -2.14. The molecule has 1 unspecified atom stereocenters. The Kier molecular flexibility index (Phi) is 5.35. The van der Waals surface area contributed by atoms with E-state index < -0.39 is 0 Å². The maximum Gasteiger partial charge on any atom is 0.0502 e. The summed E-state index contributed by atoms with van der Waals surface area (Å²) < 4.78 is 5.19. The molecule has 0 spiro atoms. The molecule has 0 aliphatic rings. The molecule has 0 radical (unpaired) electrons. The lowest BCUT2D eigenvalue weighted by atomic mass is 10.0. The zero-order chi connectivity index (χ0) is 14.5. The first-order valence-corrected chi connectivity index (χ1v) is 7.87. The molecule has 0 saturated heterocycles. The summed E-state index contributed by atoms with van der Waals surface area (Å²) in [5, 5.41) is 0. The average molecular weight is 289 g/mol. The fraction of sp³-hybridized carbons (Fsp3) is 0.412. The van der Waals surface area contributed by atoms with E-state index in [1.165, 1.54) is 20.9 Å². The molecular formula is C17H23NOS. The Bertz CT molecular complexity index is 547. The van der Waals surface area contributed by atoms with Crippen LogP contribution in [0.3, 0.4) is 0 Å². The van der Waals surface area contributed by atoms with Crippen molar-refractivity contribution in [3.05, 3.63) is 46.8 Å². The van der Waals surface area contributed by atoms with Crippen LogP contribution in [0.1, 0.15) is 30.3 Å². The van der Waals surface area contributed by atoms with Crippen LogP contribution < -0.4 is 5.73 Å². The van der Waals surface area contributed by atoms with Crippen LogP contribution in [0.5, 0.6) is 0 Å². The zero-order valence-electron chi connectivity index (χ0n) is 12.4. The van der Waals surface area contributed by atoms with Gasteiger partial charge in [0.25, 0.3) is 0 Å². The SMILES string of the molecule is COCCc1ccccc1-c1ccc(C(N)C(C)C)s1. The van der Waals surface area contributed by atoms with Gasteiger partial charge in [-0.15, -0.1) is 11.3 Å². The minimum absolute atomic E-state index is 0.125. The third kappa shape index (κ3) is 3.48. The molecule has 2 aromatic rings. The van der Waals surface area contributed by atoms with E-state index in [0.29, 0.717) is 5.92 Å². The fourth-order valence-electron chi connectivity index (χ4n) is 2.20. The normalized spacial score (nSPS) is 12.8. The molecule has 0 bridgehead atoms. The highest BCUT2D eigenvalue weighted by Crippen LogP contribution is 2.34. The molecule has 1 aromatic heterocycles. The van der Waals surface area contributed by atoms with Crippen molar-refractivity contribution in [1.29, 1.82) is 0 Å². The van der Waals surface area contributed by atoms with E-state index >= 15 is 0 Å². The second kappa shape index (κ2) is 7.02. The quantitative estimate of drug-likeness (QED) is 0.862. The molecule has 0 aliphatic carbocycles. The largest absolute Gasteiger partial charge is 0.384 e.